The summed E-state index contributed by atoms with van der Waals surface area (Å²) < 4.78 is 105. The number of nitrogens with zero attached hydrogens (tertiary/aromatic N) is 3. The Morgan fingerprint density at radius 3 is 2.19 bits per heavy atom. The molecule has 2 aromatic carbocycles. The van der Waals surface area contributed by atoms with Crippen LogP contribution in [0.4, 0.5) is 11.4 Å². The van der Waals surface area contributed by atoms with E-state index in [-0.39, 0.29) is 51.3 Å². The summed E-state index contributed by atoms with van der Waals surface area (Å²) in [6.07, 6.45) is 14.7. The smallest absolute Gasteiger partial charge is 0.265 e. The molecule has 16 nitrogen and oxygen atoms in total. The van der Waals surface area contributed by atoms with Crippen LogP contribution in [0.3, 0.4) is 0 Å². The minimum Gasteiger partial charge on any atom is -0.748 e. The zero-order chi connectivity index (χ0) is 45.7. The number of amides is 3. The first-order valence-corrected chi connectivity index (χ1v) is 24.9. The fourth-order valence-corrected chi connectivity index (χ4v) is 9.84. The third-order valence-electron chi connectivity index (χ3n) is 11.5. The van der Waals surface area contributed by atoms with E-state index in [0.717, 1.165) is 40.3 Å². The Hall–Kier alpha value is -4.79. The summed E-state index contributed by atoms with van der Waals surface area (Å²) in [6.45, 7) is 8.49. The number of allylic oxidation sites excluding steroid dienone is 6. The van der Waals surface area contributed by atoms with Gasteiger partial charge in [-0.15, -0.1) is 0 Å². The van der Waals surface area contributed by atoms with E-state index in [0.29, 0.717) is 29.8 Å². The van der Waals surface area contributed by atoms with Gasteiger partial charge in [-0.3, -0.25) is 23.8 Å². The van der Waals surface area contributed by atoms with Crippen LogP contribution in [0.1, 0.15) is 82.4 Å². The second-order valence-corrected chi connectivity index (χ2v) is 20.9. The molecule has 0 aromatic heterocycles. The Bertz CT molecular complexity index is 2580. The predicted octanol–water partition coefficient (Wildman–Crippen LogP) is 4.25. The monoisotopic (exact) mass is 913 g/mol. The first-order chi connectivity index (χ1) is 28.9. The highest BCUT2D eigenvalue weighted by Gasteiger charge is 2.45. The van der Waals surface area contributed by atoms with Crippen LogP contribution in [0, 0.1) is 6.92 Å². The number of benzene rings is 2. The Kier molecular flexibility index (Phi) is 15.0. The molecule has 0 saturated carbocycles. The summed E-state index contributed by atoms with van der Waals surface area (Å²) in [5.74, 6) is -2.03. The molecule has 3 aliphatic rings. The topological polar surface area (TPSA) is 242 Å². The normalized spacial score (nSPS) is 19.5. The molecule has 0 fully saturated rings. The fraction of sp³-hybridized carbons (Fsp3) is 0.442. The van der Waals surface area contributed by atoms with E-state index in [4.69, 9.17) is 0 Å². The van der Waals surface area contributed by atoms with Crippen molar-refractivity contribution in [2.45, 2.75) is 88.4 Å². The molecule has 19 heteroatoms. The van der Waals surface area contributed by atoms with Crippen LogP contribution in [-0.2, 0) is 55.6 Å². The maximum absolute atomic E-state index is 12.6. The molecule has 1 atom stereocenters. The highest BCUT2D eigenvalue weighted by molar-refractivity contribution is 7.86. The van der Waals surface area contributed by atoms with Crippen molar-refractivity contribution in [2.24, 2.45) is 0 Å². The number of carbonyl (C=O) groups is 3. The molecule has 336 valence electrons. The Balaban J connectivity index is 1.37. The molecule has 2 aromatic rings. The minimum absolute atomic E-state index is 0.0633. The van der Waals surface area contributed by atoms with Crippen molar-refractivity contribution >= 4 is 65.2 Å². The largest absolute Gasteiger partial charge is 0.748 e. The van der Waals surface area contributed by atoms with Gasteiger partial charge in [0.05, 0.1) is 26.2 Å². The van der Waals surface area contributed by atoms with E-state index in [1.165, 1.54) is 30.4 Å². The predicted molar refractivity (Wildman–Crippen MR) is 232 cm³/mol. The molecule has 5 rings (SSSR count). The molecular formula is C43H53N4O12S3-. The van der Waals surface area contributed by atoms with Crippen LogP contribution in [0.2, 0.25) is 0 Å². The summed E-state index contributed by atoms with van der Waals surface area (Å²) in [7, 11) is -13.5. The number of fused-ring (bicyclic) bond motifs is 2. The van der Waals surface area contributed by atoms with E-state index in [1.54, 1.807) is 12.2 Å². The summed E-state index contributed by atoms with van der Waals surface area (Å²) in [6, 6.07) is 10.1. The molecule has 3 amide bonds. The van der Waals surface area contributed by atoms with Crippen LogP contribution < -0.4 is 10.2 Å². The number of hydrogen-bond acceptors (Lipinski definition) is 12. The Labute approximate surface area is 364 Å². The lowest BCUT2D eigenvalue weighted by atomic mass is 9.76. The van der Waals surface area contributed by atoms with Gasteiger partial charge in [0, 0.05) is 84.9 Å². The zero-order valence-corrected chi connectivity index (χ0v) is 37.7. The van der Waals surface area contributed by atoms with Gasteiger partial charge < -0.3 is 19.3 Å². The third kappa shape index (κ3) is 11.8. The molecule has 3 heterocycles. The van der Waals surface area contributed by atoms with Gasteiger partial charge in [-0.05, 0) is 76.8 Å². The Morgan fingerprint density at radius 1 is 0.823 bits per heavy atom. The molecule has 2 N–H and O–H groups in total. The molecule has 0 spiro atoms. The van der Waals surface area contributed by atoms with Crippen LogP contribution in [0.25, 0.3) is 0 Å². The van der Waals surface area contributed by atoms with Gasteiger partial charge in [0.2, 0.25) is 11.6 Å². The molecule has 0 bridgehead atoms. The average molecular weight is 914 g/mol. The van der Waals surface area contributed by atoms with E-state index >= 15 is 0 Å². The van der Waals surface area contributed by atoms with Crippen LogP contribution in [0.15, 0.2) is 89.5 Å². The Morgan fingerprint density at radius 2 is 1.53 bits per heavy atom. The number of carbonyl (C=O) groups excluding carboxylic acids is 3. The van der Waals surface area contributed by atoms with Crippen molar-refractivity contribution in [3.63, 3.8) is 0 Å². The van der Waals surface area contributed by atoms with Gasteiger partial charge >= 0.3 is 0 Å². The lowest BCUT2D eigenvalue weighted by Gasteiger charge is -2.30. The summed E-state index contributed by atoms with van der Waals surface area (Å²) in [4.78, 5) is 38.8. The van der Waals surface area contributed by atoms with Crippen molar-refractivity contribution in [1.82, 2.24) is 10.2 Å². The van der Waals surface area contributed by atoms with Crippen molar-refractivity contribution in [1.29, 1.82) is 0 Å². The third-order valence-corrected chi connectivity index (χ3v) is 13.9. The molecule has 0 radical (unpaired) electrons. The van der Waals surface area contributed by atoms with Crippen molar-refractivity contribution in [3.05, 3.63) is 101 Å². The summed E-state index contributed by atoms with van der Waals surface area (Å²) >= 11 is 0. The number of hydrogen-bond donors (Lipinski definition) is 2. The van der Waals surface area contributed by atoms with Crippen LogP contribution in [-0.4, -0.2) is 110 Å². The van der Waals surface area contributed by atoms with Crippen LogP contribution >= 0.6 is 0 Å². The van der Waals surface area contributed by atoms with Crippen molar-refractivity contribution in [2.75, 3.05) is 42.6 Å². The molecule has 0 saturated heterocycles. The first kappa shape index (κ1) is 48.2. The molecular weight excluding hydrogens is 861 g/mol. The molecule has 0 aliphatic carbocycles. The molecule has 3 aliphatic heterocycles. The number of rotatable bonds is 21. The standard InChI is InChI=1S/C43H54N4O12S3/c1-31-16-18-36-34(29-31)43(4,22-10-6-9-15-39(48)44-23-26-47-40(49)20-21-41(47)50)38(46(36)25-12-28-61(54,55)56)14-8-5-7-13-37-42(2,3)33-30-32(62(57,58)59)17-19-35(33)45(37)24-11-27-60(51,52)53/h5,7-8,13-14,16-21,29-30H,6,9-12,15,22-28H2,1-4H3,(H3-,44,48,51,52,53,54,55,56,57,58,59)/p-1. The quantitative estimate of drug-likeness (QED) is 0.0586. The SMILES string of the molecule is Cc1ccc2c(c1)C(C)(CCCCCC(=O)NCCN1C(=O)C=CC1=O)/C(=C/C=C/C=C/C1=[N+](CCCS(=O)(=O)O)c3ccc(S(=O)(=O)[O-])cc3C1(C)C)N2CCCS(=O)(=O)[O-]. The van der Waals surface area contributed by atoms with Gasteiger partial charge in [-0.2, -0.15) is 13.0 Å². The van der Waals surface area contributed by atoms with E-state index < -0.39 is 69.4 Å². The van der Waals surface area contributed by atoms with Gasteiger partial charge in [0.15, 0.2) is 5.71 Å². The molecule has 62 heavy (non-hydrogen) atoms. The molecule has 1 unspecified atom stereocenters. The number of imide groups is 1. The fourth-order valence-electron chi connectivity index (χ4n) is 8.37. The lowest BCUT2D eigenvalue weighted by Crippen LogP contribution is -2.38. The highest BCUT2D eigenvalue weighted by atomic mass is 32.2. The highest BCUT2D eigenvalue weighted by Crippen LogP contribution is 2.51. The van der Waals surface area contributed by atoms with E-state index in [2.05, 4.69) is 18.3 Å². The summed E-state index contributed by atoms with van der Waals surface area (Å²) in [5, 5.41) is 2.76. The first-order valence-electron chi connectivity index (χ1n) is 20.3. The number of aryl methyl sites for hydroxylation is 1. The number of nitrogens with one attached hydrogen (secondary N) is 1. The van der Waals surface area contributed by atoms with E-state index in [9.17, 15) is 53.3 Å². The van der Waals surface area contributed by atoms with Gasteiger partial charge in [0.25, 0.3) is 21.9 Å². The van der Waals surface area contributed by atoms with Crippen molar-refractivity contribution < 1.29 is 57.9 Å². The maximum atomic E-state index is 12.6. The second kappa shape index (κ2) is 19.3. The van der Waals surface area contributed by atoms with Gasteiger partial charge in [-0.25, -0.2) is 16.8 Å². The van der Waals surface area contributed by atoms with Crippen molar-refractivity contribution in [3.8, 4) is 0 Å². The summed E-state index contributed by atoms with van der Waals surface area (Å²) in [5.41, 5.74) is 4.32. The minimum atomic E-state index is -4.76. The number of unbranched alkanes of at least 4 members (excludes halogenated alkanes) is 2. The van der Waals surface area contributed by atoms with Crippen LogP contribution in [0.5, 0.6) is 0 Å². The zero-order valence-electron chi connectivity index (χ0n) is 35.2. The second-order valence-electron chi connectivity index (χ2n) is 16.4. The lowest BCUT2D eigenvalue weighted by molar-refractivity contribution is -0.437. The van der Waals surface area contributed by atoms with Gasteiger partial charge in [0.1, 0.15) is 16.7 Å². The van der Waals surface area contributed by atoms with Gasteiger partial charge in [-0.1, -0.05) is 48.8 Å². The number of anilines is 1. The average Bonchev–Trinajstić information content (AvgIpc) is 3.68. The van der Waals surface area contributed by atoms with E-state index in [1.807, 2.05) is 60.6 Å². The maximum Gasteiger partial charge on any atom is 0.265 e.